The Hall–Kier alpha value is -2.38. The molecule has 1 heterocycles. The van der Waals surface area contributed by atoms with Crippen LogP contribution in [0.5, 0.6) is 0 Å². The highest BCUT2D eigenvalue weighted by atomic mass is 32.2. The summed E-state index contributed by atoms with van der Waals surface area (Å²) in [5, 5.41) is 2.77. The van der Waals surface area contributed by atoms with E-state index in [0.29, 0.717) is 6.42 Å². The van der Waals surface area contributed by atoms with Gasteiger partial charge < -0.3 is 10.1 Å². The zero-order valence-corrected chi connectivity index (χ0v) is 15.4. The van der Waals surface area contributed by atoms with Crippen molar-refractivity contribution < 1.29 is 17.9 Å². The zero-order chi connectivity index (χ0) is 18.6. The lowest BCUT2D eigenvalue weighted by Crippen LogP contribution is -2.39. The molecule has 0 spiro atoms. The van der Waals surface area contributed by atoms with Crippen LogP contribution in [0.2, 0.25) is 0 Å². The molecule has 0 radical (unpaired) electrons. The summed E-state index contributed by atoms with van der Waals surface area (Å²) in [6, 6.07) is 17.3. The van der Waals surface area contributed by atoms with E-state index in [1.807, 2.05) is 37.3 Å². The van der Waals surface area contributed by atoms with E-state index in [2.05, 4.69) is 5.32 Å². The Bertz CT molecular complexity index is 840. The maximum atomic E-state index is 12.8. The Morgan fingerprint density at radius 3 is 2.38 bits per heavy atom. The van der Waals surface area contributed by atoms with Crippen molar-refractivity contribution in [2.24, 2.45) is 0 Å². The van der Waals surface area contributed by atoms with E-state index in [1.165, 1.54) is 4.31 Å². The van der Waals surface area contributed by atoms with E-state index >= 15 is 0 Å². The van der Waals surface area contributed by atoms with Crippen LogP contribution in [0.1, 0.15) is 18.9 Å². The molecule has 1 aliphatic rings. The first-order chi connectivity index (χ1) is 12.5. The molecule has 1 saturated heterocycles. The number of rotatable bonds is 5. The maximum Gasteiger partial charge on any atom is 0.407 e. The average Bonchev–Trinajstić information content (AvgIpc) is 3.02. The Balaban J connectivity index is 1.57. The number of hydrogen-bond acceptors (Lipinski definition) is 4. The SMILES string of the molecule is CC1CC(NC(=O)OCc2ccccc2)CN1S(=O)(=O)c1ccccc1. The summed E-state index contributed by atoms with van der Waals surface area (Å²) in [5.41, 5.74) is 0.899. The fraction of sp³-hybridized carbons (Fsp3) is 0.316. The number of carbonyl (C=O) groups is 1. The molecule has 0 aliphatic carbocycles. The first-order valence-electron chi connectivity index (χ1n) is 8.51. The Kier molecular flexibility index (Phi) is 5.58. The van der Waals surface area contributed by atoms with Crippen molar-refractivity contribution in [3.05, 3.63) is 66.2 Å². The quantitative estimate of drug-likeness (QED) is 0.873. The molecule has 1 N–H and O–H groups in total. The molecule has 0 bridgehead atoms. The number of amides is 1. The van der Waals surface area contributed by atoms with Crippen molar-refractivity contribution in [1.29, 1.82) is 0 Å². The highest BCUT2D eigenvalue weighted by molar-refractivity contribution is 7.89. The molecular formula is C19H22N2O4S. The topological polar surface area (TPSA) is 75.7 Å². The molecule has 2 aromatic carbocycles. The Labute approximate surface area is 153 Å². The lowest BCUT2D eigenvalue weighted by Gasteiger charge is -2.20. The number of carbonyl (C=O) groups excluding carboxylic acids is 1. The monoisotopic (exact) mass is 374 g/mol. The van der Waals surface area contributed by atoms with Gasteiger partial charge in [-0.05, 0) is 31.0 Å². The fourth-order valence-electron chi connectivity index (χ4n) is 3.10. The molecule has 26 heavy (non-hydrogen) atoms. The number of hydrogen-bond donors (Lipinski definition) is 1. The largest absolute Gasteiger partial charge is 0.445 e. The van der Waals surface area contributed by atoms with E-state index in [-0.39, 0.29) is 30.1 Å². The molecule has 6 nitrogen and oxygen atoms in total. The van der Waals surface area contributed by atoms with E-state index in [9.17, 15) is 13.2 Å². The number of benzene rings is 2. The van der Waals surface area contributed by atoms with E-state index in [1.54, 1.807) is 30.3 Å². The summed E-state index contributed by atoms with van der Waals surface area (Å²) >= 11 is 0. The number of nitrogens with one attached hydrogen (secondary N) is 1. The maximum absolute atomic E-state index is 12.8. The van der Waals surface area contributed by atoms with Gasteiger partial charge >= 0.3 is 6.09 Å². The van der Waals surface area contributed by atoms with Crippen LogP contribution in [0.4, 0.5) is 4.79 Å². The standard InChI is InChI=1S/C19H22N2O4S/c1-15-12-17(20-19(22)25-14-16-8-4-2-5-9-16)13-21(15)26(23,24)18-10-6-3-7-11-18/h2-11,15,17H,12-14H2,1H3,(H,20,22). The van der Waals surface area contributed by atoms with Crippen LogP contribution in [0.3, 0.4) is 0 Å². The summed E-state index contributed by atoms with van der Waals surface area (Å²) in [5.74, 6) is 0. The number of nitrogens with zero attached hydrogens (tertiary/aromatic N) is 1. The van der Waals surface area contributed by atoms with E-state index in [4.69, 9.17) is 4.74 Å². The summed E-state index contributed by atoms with van der Waals surface area (Å²) in [7, 11) is -3.57. The molecule has 3 rings (SSSR count). The van der Waals surface area contributed by atoms with Crippen molar-refractivity contribution in [2.75, 3.05) is 6.54 Å². The molecule has 7 heteroatoms. The average molecular weight is 374 g/mol. The van der Waals surface area contributed by atoms with Crippen LogP contribution in [-0.4, -0.2) is 37.4 Å². The summed E-state index contributed by atoms with van der Waals surface area (Å²) < 4.78 is 32.2. The zero-order valence-electron chi connectivity index (χ0n) is 14.5. The van der Waals surface area contributed by atoms with Gasteiger partial charge in [0.15, 0.2) is 0 Å². The molecular weight excluding hydrogens is 352 g/mol. The third-order valence-corrected chi connectivity index (χ3v) is 6.40. The van der Waals surface area contributed by atoms with Gasteiger partial charge in [-0.2, -0.15) is 4.31 Å². The molecule has 2 unspecified atom stereocenters. The van der Waals surface area contributed by atoms with Crippen LogP contribution in [0.25, 0.3) is 0 Å². The summed E-state index contributed by atoms with van der Waals surface area (Å²) in [6.45, 7) is 2.26. The Morgan fingerprint density at radius 1 is 1.12 bits per heavy atom. The predicted octanol–water partition coefficient (Wildman–Crippen LogP) is 2.76. The predicted molar refractivity (Wildman–Crippen MR) is 98.0 cm³/mol. The van der Waals surface area contributed by atoms with Crippen LogP contribution in [0.15, 0.2) is 65.6 Å². The van der Waals surface area contributed by atoms with E-state index < -0.39 is 16.1 Å². The molecule has 1 fully saturated rings. The van der Waals surface area contributed by atoms with Crippen molar-refractivity contribution >= 4 is 16.1 Å². The second-order valence-corrected chi connectivity index (χ2v) is 8.27. The normalized spacial score (nSPS) is 20.7. The lowest BCUT2D eigenvalue weighted by atomic mass is 10.2. The minimum atomic E-state index is -3.57. The summed E-state index contributed by atoms with van der Waals surface area (Å²) in [6.07, 6.45) is 0.0111. The van der Waals surface area contributed by atoms with E-state index in [0.717, 1.165) is 5.56 Å². The third kappa shape index (κ3) is 4.23. The van der Waals surface area contributed by atoms with Crippen molar-refractivity contribution in [2.45, 2.75) is 36.9 Å². The highest BCUT2D eigenvalue weighted by Crippen LogP contribution is 2.26. The van der Waals surface area contributed by atoms with Gasteiger partial charge in [0.25, 0.3) is 0 Å². The smallest absolute Gasteiger partial charge is 0.407 e. The highest BCUT2D eigenvalue weighted by Gasteiger charge is 2.38. The second-order valence-electron chi connectivity index (χ2n) is 6.38. The van der Waals surface area contributed by atoms with Gasteiger partial charge in [-0.1, -0.05) is 48.5 Å². The number of sulfonamides is 1. The first-order valence-corrected chi connectivity index (χ1v) is 9.95. The molecule has 0 saturated carbocycles. The summed E-state index contributed by atoms with van der Waals surface area (Å²) in [4.78, 5) is 12.3. The lowest BCUT2D eigenvalue weighted by molar-refractivity contribution is 0.136. The van der Waals surface area contributed by atoms with Crippen LogP contribution >= 0.6 is 0 Å². The molecule has 2 atom stereocenters. The molecule has 0 aromatic heterocycles. The van der Waals surface area contributed by atoms with Crippen molar-refractivity contribution in [3.8, 4) is 0 Å². The molecule has 138 valence electrons. The Morgan fingerprint density at radius 2 is 1.73 bits per heavy atom. The van der Waals surface area contributed by atoms with Gasteiger partial charge in [-0.15, -0.1) is 0 Å². The minimum absolute atomic E-state index is 0.182. The van der Waals surface area contributed by atoms with Gasteiger partial charge in [0, 0.05) is 18.6 Å². The van der Waals surface area contributed by atoms with Crippen LogP contribution < -0.4 is 5.32 Å². The van der Waals surface area contributed by atoms with Crippen molar-refractivity contribution in [1.82, 2.24) is 9.62 Å². The van der Waals surface area contributed by atoms with Gasteiger partial charge in [0.1, 0.15) is 6.61 Å². The first kappa shape index (κ1) is 18.4. The second kappa shape index (κ2) is 7.88. The third-order valence-electron chi connectivity index (χ3n) is 4.40. The number of alkyl carbamates (subject to hydrolysis) is 1. The van der Waals surface area contributed by atoms with Gasteiger partial charge in [-0.3, -0.25) is 0 Å². The van der Waals surface area contributed by atoms with Gasteiger partial charge in [0.05, 0.1) is 4.90 Å². The van der Waals surface area contributed by atoms with Gasteiger partial charge in [-0.25, -0.2) is 13.2 Å². The fourth-order valence-corrected chi connectivity index (χ4v) is 4.81. The van der Waals surface area contributed by atoms with Gasteiger partial charge in [0.2, 0.25) is 10.0 Å². The van der Waals surface area contributed by atoms with Crippen LogP contribution in [-0.2, 0) is 21.4 Å². The van der Waals surface area contributed by atoms with Crippen LogP contribution in [0, 0.1) is 0 Å². The molecule has 1 aliphatic heterocycles. The number of ether oxygens (including phenoxy) is 1. The van der Waals surface area contributed by atoms with Crippen molar-refractivity contribution in [3.63, 3.8) is 0 Å². The molecule has 2 aromatic rings. The minimum Gasteiger partial charge on any atom is -0.445 e. The molecule has 1 amide bonds.